The molecule has 9 rings (SSSR count). The summed E-state index contributed by atoms with van der Waals surface area (Å²) >= 11 is 1.88. The van der Waals surface area contributed by atoms with Crippen LogP contribution in [0.5, 0.6) is 0 Å². The van der Waals surface area contributed by atoms with E-state index in [0.29, 0.717) is 11.8 Å². The maximum absolute atomic E-state index is 2.66. The van der Waals surface area contributed by atoms with Crippen molar-refractivity contribution in [1.29, 1.82) is 0 Å². The Hall–Kier alpha value is -4.40. The van der Waals surface area contributed by atoms with Gasteiger partial charge in [-0.15, -0.1) is 11.3 Å². The van der Waals surface area contributed by atoms with Gasteiger partial charge in [0.05, 0.1) is 0 Å². The Bertz CT molecular complexity index is 2290. The maximum atomic E-state index is 2.66. The highest BCUT2D eigenvalue weighted by molar-refractivity contribution is 7.25. The molecule has 3 aliphatic carbocycles. The summed E-state index contributed by atoms with van der Waals surface area (Å²) < 4.78 is 2.67. The number of hydrogen-bond donors (Lipinski definition) is 0. The number of hydrogen-bond acceptors (Lipinski definition) is 2. The fourth-order valence-corrected chi connectivity index (χ4v) is 10.1. The van der Waals surface area contributed by atoms with E-state index in [1.54, 1.807) is 0 Å². The maximum Gasteiger partial charge on any atom is 0.0468 e. The van der Waals surface area contributed by atoms with Crippen LogP contribution in [0.15, 0.2) is 133 Å². The van der Waals surface area contributed by atoms with Gasteiger partial charge in [-0.2, -0.15) is 0 Å². The van der Waals surface area contributed by atoms with E-state index >= 15 is 0 Å². The average Bonchev–Trinajstić information content (AvgIpc) is 3.55. The van der Waals surface area contributed by atoms with Crippen LogP contribution in [-0.2, 0) is 10.8 Å². The zero-order valence-corrected chi connectivity index (χ0v) is 29.0. The van der Waals surface area contributed by atoms with Crippen molar-refractivity contribution in [3.63, 3.8) is 0 Å². The van der Waals surface area contributed by atoms with E-state index in [0.717, 1.165) is 0 Å². The van der Waals surface area contributed by atoms with Crippen LogP contribution < -0.4 is 4.90 Å². The lowest BCUT2D eigenvalue weighted by Gasteiger charge is -2.51. The van der Waals surface area contributed by atoms with Crippen LogP contribution in [0, 0.1) is 11.3 Å². The van der Waals surface area contributed by atoms with Crippen molar-refractivity contribution >= 4 is 54.1 Å². The molecule has 47 heavy (non-hydrogen) atoms. The summed E-state index contributed by atoms with van der Waals surface area (Å²) in [7, 11) is 0. The molecule has 2 atom stereocenters. The second-order valence-electron chi connectivity index (χ2n) is 15.5. The first-order valence-corrected chi connectivity index (χ1v) is 17.8. The van der Waals surface area contributed by atoms with E-state index in [1.165, 1.54) is 70.6 Å². The van der Waals surface area contributed by atoms with Crippen LogP contribution in [0.2, 0.25) is 0 Å². The van der Waals surface area contributed by atoms with Gasteiger partial charge in [0.25, 0.3) is 0 Å². The highest BCUT2D eigenvalue weighted by Gasteiger charge is 2.52. The van der Waals surface area contributed by atoms with Crippen molar-refractivity contribution in [2.75, 3.05) is 4.90 Å². The van der Waals surface area contributed by atoms with Crippen LogP contribution in [0.4, 0.5) is 17.1 Å². The van der Waals surface area contributed by atoms with E-state index in [4.69, 9.17) is 0 Å². The molecule has 6 aromatic rings. The number of rotatable bonds is 3. The molecule has 232 valence electrons. The summed E-state index contributed by atoms with van der Waals surface area (Å²) in [5, 5.41) is 2.65. The van der Waals surface area contributed by atoms with Crippen molar-refractivity contribution < 1.29 is 0 Å². The molecule has 0 saturated heterocycles. The molecule has 3 aliphatic rings. The third kappa shape index (κ3) is 3.94. The standard InChI is InChI=1S/C45H41NS/c1-43(2)38-25-30(46(28-14-8-7-9-15-28)29-21-23-42-36(24-29)33-17-11-13-19-41(33)47-42)20-22-32(38)34-27-40-35(26-39(34)43)31-16-10-12-18-37(31)44(3,4)45(40,5)6/h7-27,34,39H,1-6H3. The smallest absolute Gasteiger partial charge is 0.0468 e. The summed E-state index contributed by atoms with van der Waals surface area (Å²) in [5.74, 6) is 0.766. The molecule has 2 unspecified atom stereocenters. The molecule has 2 heteroatoms. The normalized spacial score (nSPS) is 21.3. The molecule has 0 spiro atoms. The van der Waals surface area contributed by atoms with Crippen LogP contribution in [0.25, 0.3) is 25.7 Å². The van der Waals surface area contributed by atoms with Crippen LogP contribution in [0.3, 0.4) is 0 Å². The minimum absolute atomic E-state index is 0.0135. The largest absolute Gasteiger partial charge is 0.310 e. The zero-order chi connectivity index (χ0) is 32.3. The Kier molecular flexibility index (Phi) is 6.01. The van der Waals surface area contributed by atoms with Gasteiger partial charge in [0.1, 0.15) is 0 Å². The van der Waals surface area contributed by atoms with Crippen molar-refractivity contribution in [3.8, 4) is 0 Å². The van der Waals surface area contributed by atoms with Gasteiger partial charge in [-0.3, -0.25) is 0 Å². The van der Waals surface area contributed by atoms with E-state index in [9.17, 15) is 0 Å². The summed E-state index contributed by atoms with van der Waals surface area (Å²) in [4.78, 5) is 2.45. The summed E-state index contributed by atoms with van der Waals surface area (Å²) in [6.07, 6.45) is 5.32. The number of benzene rings is 5. The second-order valence-corrected chi connectivity index (χ2v) is 16.5. The molecule has 0 amide bonds. The van der Waals surface area contributed by atoms with Crippen LogP contribution >= 0.6 is 11.3 Å². The molecular weight excluding hydrogens is 587 g/mol. The quantitative estimate of drug-likeness (QED) is 0.189. The Morgan fingerprint density at radius 1 is 0.553 bits per heavy atom. The van der Waals surface area contributed by atoms with Crippen molar-refractivity contribution in [2.45, 2.75) is 58.3 Å². The lowest BCUT2D eigenvalue weighted by molar-refractivity contribution is 0.245. The lowest BCUT2D eigenvalue weighted by atomic mass is 9.52. The molecule has 5 aromatic carbocycles. The predicted molar refractivity (Wildman–Crippen MR) is 203 cm³/mol. The minimum atomic E-state index is -0.0209. The molecule has 1 aromatic heterocycles. The fourth-order valence-electron chi connectivity index (χ4n) is 8.99. The van der Waals surface area contributed by atoms with E-state index in [1.807, 2.05) is 11.3 Å². The highest BCUT2D eigenvalue weighted by atomic mass is 32.1. The number of nitrogens with zero attached hydrogens (tertiary/aromatic N) is 1. The number of thiophene rings is 1. The summed E-state index contributed by atoms with van der Waals surface area (Å²) in [6.45, 7) is 14.7. The molecule has 0 radical (unpaired) electrons. The molecule has 1 nitrogen and oxygen atoms in total. The van der Waals surface area contributed by atoms with E-state index in [-0.39, 0.29) is 16.2 Å². The number of para-hydroxylation sites is 1. The molecule has 0 bridgehead atoms. The number of allylic oxidation sites excluding steroid dienone is 4. The topological polar surface area (TPSA) is 3.24 Å². The number of anilines is 3. The molecular formula is C45H41NS. The van der Waals surface area contributed by atoms with Crippen molar-refractivity contribution in [2.24, 2.45) is 11.3 Å². The van der Waals surface area contributed by atoms with Gasteiger partial charge >= 0.3 is 0 Å². The van der Waals surface area contributed by atoms with Gasteiger partial charge in [0.2, 0.25) is 0 Å². The van der Waals surface area contributed by atoms with Crippen molar-refractivity contribution in [3.05, 3.63) is 155 Å². The van der Waals surface area contributed by atoms with Gasteiger partial charge in [0, 0.05) is 43.2 Å². The Labute approximate surface area is 282 Å². The molecule has 0 fully saturated rings. The lowest BCUT2D eigenvalue weighted by Crippen LogP contribution is -2.43. The molecule has 0 N–H and O–H groups in total. The molecule has 0 saturated carbocycles. The molecule has 0 aliphatic heterocycles. The van der Waals surface area contributed by atoms with Gasteiger partial charge in [-0.05, 0) is 104 Å². The monoisotopic (exact) mass is 627 g/mol. The second kappa shape index (κ2) is 9.81. The zero-order valence-electron chi connectivity index (χ0n) is 28.1. The third-order valence-electron chi connectivity index (χ3n) is 12.3. The third-order valence-corrected chi connectivity index (χ3v) is 13.5. The van der Waals surface area contributed by atoms with Gasteiger partial charge in [-0.25, -0.2) is 0 Å². The Morgan fingerprint density at radius 2 is 1.23 bits per heavy atom. The fraction of sp³-hybridized carbons (Fsp3) is 0.244. The van der Waals surface area contributed by atoms with Crippen molar-refractivity contribution in [1.82, 2.24) is 0 Å². The van der Waals surface area contributed by atoms with Gasteiger partial charge < -0.3 is 4.90 Å². The summed E-state index contributed by atoms with van der Waals surface area (Å²) in [6, 6.07) is 43.1. The van der Waals surface area contributed by atoms with Gasteiger partial charge in [0.15, 0.2) is 0 Å². The van der Waals surface area contributed by atoms with Gasteiger partial charge in [-0.1, -0.05) is 120 Å². The SMILES string of the molecule is CC1(C)c2cc(N(c3ccccc3)c3ccc4sc5ccccc5c4c3)ccc2C2C=C3C(=CC21)c1ccccc1C(C)(C)C3(C)C. The Balaban J connectivity index is 1.21. The molecule has 1 heterocycles. The highest BCUT2D eigenvalue weighted by Crippen LogP contribution is 2.63. The first kappa shape index (κ1) is 28.8. The first-order chi connectivity index (χ1) is 22.6. The minimum Gasteiger partial charge on any atom is -0.310 e. The van der Waals surface area contributed by atoms with E-state index < -0.39 is 0 Å². The van der Waals surface area contributed by atoms with Crippen LogP contribution in [0.1, 0.15) is 69.7 Å². The first-order valence-electron chi connectivity index (χ1n) is 17.0. The average molecular weight is 628 g/mol. The van der Waals surface area contributed by atoms with Crippen LogP contribution in [-0.4, -0.2) is 0 Å². The Morgan fingerprint density at radius 3 is 2.06 bits per heavy atom. The predicted octanol–water partition coefficient (Wildman–Crippen LogP) is 12.9. The number of fused-ring (bicyclic) bond motifs is 9. The summed E-state index contributed by atoms with van der Waals surface area (Å²) in [5.41, 5.74) is 12.4. The van der Waals surface area contributed by atoms with E-state index in [2.05, 4.69) is 174 Å².